The van der Waals surface area contributed by atoms with Crippen LogP contribution >= 0.6 is 0 Å². The summed E-state index contributed by atoms with van der Waals surface area (Å²) in [7, 11) is 1.72. The summed E-state index contributed by atoms with van der Waals surface area (Å²) in [5.74, 6) is 0.587. The molecule has 1 aliphatic rings. The zero-order valence-corrected chi connectivity index (χ0v) is 14.4. The summed E-state index contributed by atoms with van der Waals surface area (Å²) >= 11 is 0. The van der Waals surface area contributed by atoms with Crippen molar-refractivity contribution in [1.29, 1.82) is 0 Å². The molecule has 0 saturated heterocycles. The lowest BCUT2D eigenvalue weighted by molar-refractivity contribution is 0.244. The number of anilines is 1. The quantitative estimate of drug-likeness (QED) is 0.770. The minimum Gasteiger partial charge on any atom is -0.334 e. The van der Waals surface area contributed by atoms with Crippen LogP contribution < -0.4 is 10.2 Å². The van der Waals surface area contributed by atoms with E-state index in [1.807, 2.05) is 24.3 Å². The van der Waals surface area contributed by atoms with Crippen LogP contribution in [0.1, 0.15) is 16.7 Å². The number of pyridine rings is 1. The number of benzene rings is 1. The number of hydrogen-bond donors (Lipinski definition) is 1. The number of aromatic nitrogens is 5. The number of tetrazole rings is 1. The van der Waals surface area contributed by atoms with Gasteiger partial charge >= 0.3 is 6.03 Å². The van der Waals surface area contributed by atoms with Gasteiger partial charge in [0, 0.05) is 19.3 Å². The summed E-state index contributed by atoms with van der Waals surface area (Å²) in [6.45, 7) is 0.524. The number of fused-ring (bicyclic) bond motifs is 1. The standard InChI is InChI=1S/C18H19N7O/c1-24(17-8-13(6-7-19-17)11-25-12-20-22-23-25)18(26)21-16-9-14-4-2-3-5-15(14)10-16/h2-8,12,16H,9-11H2,1H3,(H,21,26). The van der Waals surface area contributed by atoms with Crippen LogP contribution in [0.2, 0.25) is 0 Å². The fourth-order valence-electron chi connectivity index (χ4n) is 3.22. The van der Waals surface area contributed by atoms with Crippen LogP contribution in [0.25, 0.3) is 0 Å². The molecule has 26 heavy (non-hydrogen) atoms. The third-order valence-electron chi connectivity index (χ3n) is 4.57. The topological polar surface area (TPSA) is 88.8 Å². The number of nitrogens with one attached hydrogen (secondary N) is 1. The third kappa shape index (κ3) is 3.39. The number of carbonyl (C=O) groups excluding carboxylic acids is 1. The molecule has 8 heteroatoms. The maximum Gasteiger partial charge on any atom is 0.323 e. The van der Waals surface area contributed by atoms with E-state index in [1.54, 1.807) is 24.3 Å². The Morgan fingerprint density at radius 2 is 2.04 bits per heavy atom. The second-order valence-corrected chi connectivity index (χ2v) is 6.41. The fourth-order valence-corrected chi connectivity index (χ4v) is 3.22. The number of amides is 2. The molecule has 3 aromatic rings. The van der Waals surface area contributed by atoms with Gasteiger partial charge in [-0.25, -0.2) is 14.5 Å². The van der Waals surface area contributed by atoms with Crippen LogP contribution in [-0.4, -0.2) is 44.3 Å². The molecule has 8 nitrogen and oxygen atoms in total. The van der Waals surface area contributed by atoms with Crippen molar-refractivity contribution in [3.8, 4) is 0 Å². The second kappa shape index (κ2) is 6.91. The van der Waals surface area contributed by atoms with Crippen LogP contribution in [0, 0.1) is 0 Å². The number of hydrogen-bond acceptors (Lipinski definition) is 5. The Balaban J connectivity index is 1.41. The lowest BCUT2D eigenvalue weighted by atomic mass is 10.1. The maximum atomic E-state index is 12.6. The van der Waals surface area contributed by atoms with E-state index in [0.29, 0.717) is 12.4 Å². The summed E-state index contributed by atoms with van der Waals surface area (Å²) < 4.78 is 1.62. The summed E-state index contributed by atoms with van der Waals surface area (Å²) in [5.41, 5.74) is 3.58. The van der Waals surface area contributed by atoms with Crippen LogP contribution in [0.3, 0.4) is 0 Å². The predicted octanol–water partition coefficient (Wildman–Crippen LogP) is 1.43. The number of carbonyl (C=O) groups is 1. The van der Waals surface area contributed by atoms with E-state index in [2.05, 4.69) is 38.0 Å². The average molecular weight is 349 g/mol. The van der Waals surface area contributed by atoms with Crippen molar-refractivity contribution >= 4 is 11.8 Å². The molecule has 1 aromatic carbocycles. The van der Waals surface area contributed by atoms with E-state index >= 15 is 0 Å². The fraction of sp³-hybridized carbons (Fsp3) is 0.278. The molecule has 0 aliphatic heterocycles. The van der Waals surface area contributed by atoms with Crippen LogP contribution in [0.5, 0.6) is 0 Å². The minimum absolute atomic E-state index is 0.117. The predicted molar refractivity (Wildman–Crippen MR) is 95.7 cm³/mol. The van der Waals surface area contributed by atoms with Gasteiger partial charge in [-0.2, -0.15) is 0 Å². The summed E-state index contributed by atoms with van der Waals surface area (Å²) in [5, 5.41) is 14.2. The first-order valence-electron chi connectivity index (χ1n) is 8.46. The molecule has 2 heterocycles. The first-order valence-corrected chi connectivity index (χ1v) is 8.46. The number of urea groups is 1. The van der Waals surface area contributed by atoms with Gasteiger partial charge in [0.25, 0.3) is 0 Å². The van der Waals surface area contributed by atoms with E-state index in [4.69, 9.17) is 0 Å². The lowest BCUT2D eigenvalue weighted by Crippen LogP contribution is -2.44. The summed E-state index contributed by atoms with van der Waals surface area (Å²) in [6, 6.07) is 12.0. The molecule has 0 atom stereocenters. The van der Waals surface area contributed by atoms with Gasteiger partial charge in [-0.15, -0.1) is 5.10 Å². The lowest BCUT2D eigenvalue weighted by Gasteiger charge is -2.20. The van der Waals surface area contributed by atoms with Gasteiger partial charge in [0.2, 0.25) is 0 Å². The highest BCUT2D eigenvalue weighted by Gasteiger charge is 2.24. The first-order chi connectivity index (χ1) is 12.7. The van der Waals surface area contributed by atoms with Gasteiger partial charge < -0.3 is 5.32 Å². The summed E-state index contributed by atoms with van der Waals surface area (Å²) in [6.07, 6.45) is 4.96. The van der Waals surface area contributed by atoms with Crippen LogP contribution in [0.15, 0.2) is 48.9 Å². The molecule has 0 fully saturated rings. The van der Waals surface area contributed by atoms with E-state index in [1.165, 1.54) is 16.0 Å². The van der Waals surface area contributed by atoms with Crippen molar-refractivity contribution in [3.63, 3.8) is 0 Å². The Labute approximate surface area is 150 Å². The third-order valence-corrected chi connectivity index (χ3v) is 4.57. The smallest absolute Gasteiger partial charge is 0.323 e. The molecule has 1 N–H and O–H groups in total. The second-order valence-electron chi connectivity index (χ2n) is 6.41. The molecular formula is C18H19N7O. The molecule has 0 unspecified atom stereocenters. The molecular weight excluding hydrogens is 330 g/mol. The Bertz CT molecular complexity index is 884. The first kappa shape index (κ1) is 16.2. The van der Waals surface area contributed by atoms with Gasteiger partial charge in [-0.1, -0.05) is 24.3 Å². The molecule has 0 bridgehead atoms. The van der Waals surface area contributed by atoms with E-state index < -0.39 is 0 Å². The SMILES string of the molecule is CN(C(=O)NC1Cc2ccccc2C1)c1cc(Cn2cnnn2)ccn1. The van der Waals surface area contributed by atoms with Gasteiger partial charge in [0.1, 0.15) is 12.1 Å². The Morgan fingerprint density at radius 3 is 2.73 bits per heavy atom. The molecule has 132 valence electrons. The van der Waals surface area contributed by atoms with E-state index in [0.717, 1.165) is 18.4 Å². The van der Waals surface area contributed by atoms with Crippen molar-refractivity contribution in [2.75, 3.05) is 11.9 Å². The zero-order chi connectivity index (χ0) is 17.9. The van der Waals surface area contributed by atoms with Crippen LogP contribution in [0.4, 0.5) is 10.6 Å². The average Bonchev–Trinajstić information content (AvgIpc) is 3.30. The molecule has 0 spiro atoms. The van der Waals surface area contributed by atoms with Gasteiger partial charge in [-0.3, -0.25) is 4.90 Å². The number of rotatable bonds is 4. The highest BCUT2D eigenvalue weighted by Crippen LogP contribution is 2.22. The molecule has 2 amide bonds. The maximum absolute atomic E-state index is 12.6. The minimum atomic E-state index is -0.158. The molecule has 2 aromatic heterocycles. The van der Waals surface area contributed by atoms with E-state index in [9.17, 15) is 4.79 Å². The van der Waals surface area contributed by atoms with Crippen molar-refractivity contribution in [1.82, 2.24) is 30.5 Å². The highest BCUT2D eigenvalue weighted by atomic mass is 16.2. The summed E-state index contributed by atoms with van der Waals surface area (Å²) in [4.78, 5) is 18.5. The van der Waals surface area contributed by atoms with Crippen molar-refractivity contribution in [2.45, 2.75) is 25.4 Å². The van der Waals surface area contributed by atoms with Gasteiger partial charge in [0.15, 0.2) is 0 Å². The van der Waals surface area contributed by atoms with Crippen molar-refractivity contribution in [3.05, 3.63) is 65.6 Å². The Hall–Kier alpha value is -3.29. The molecule has 4 rings (SSSR count). The van der Waals surface area contributed by atoms with E-state index in [-0.39, 0.29) is 12.1 Å². The highest BCUT2D eigenvalue weighted by molar-refractivity contribution is 5.90. The van der Waals surface area contributed by atoms with Crippen molar-refractivity contribution < 1.29 is 4.79 Å². The molecule has 0 saturated carbocycles. The van der Waals surface area contributed by atoms with Crippen LogP contribution in [-0.2, 0) is 19.4 Å². The largest absolute Gasteiger partial charge is 0.334 e. The molecule has 1 aliphatic carbocycles. The van der Waals surface area contributed by atoms with Gasteiger partial charge in [0.05, 0.1) is 6.54 Å². The number of nitrogens with zero attached hydrogens (tertiary/aromatic N) is 6. The normalized spacial score (nSPS) is 13.4. The Kier molecular flexibility index (Phi) is 4.30. The molecule has 0 radical (unpaired) electrons. The van der Waals surface area contributed by atoms with Crippen molar-refractivity contribution in [2.24, 2.45) is 0 Å². The van der Waals surface area contributed by atoms with Gasteiger partial charge in [-0.05, 0) is 52.1 Å². The monoisotopic (exact) mass is 349 g/mol. The Morgan fingerprint density at radius 1 is 1.27 bits per heavy atom. The zero-order valence-electron chi connectivity index (χ0n) is 14.4.